The van der Waals surface area contributed by atoms with Crippen LogP contribution in [-0.4, -0.2) is 25.4 Å². The van der Waals surface area contributed by atoms with Gasteiger partial charge < -0.3 is 10.6 Å². The Labute approximate surface area is 72.8 Å². The average molecular weight is 166 g/mol. The van der Waals surface area contributed by atoms with Crippen LogP contribution in [0.3, 0.4) is 0 Å². The summed E-state index contributed by atoms with van der Waals surface area (Å²) < 4.78 is 0. The minimum absolute atomic E-state index is 0.750. The average Bonchev–Trinajstić information content (AvgIpc) is 2.07. The van der Waals surface area contributed by atoms with Gasteiger partial charge in [-0.05, 0) is 12.1 Å². The summed E-state index contributed by atoms with van der Waals surface area (Å²) in [4.78, 5) is 10.9. The summed E-state index contributed by atoms with van der Waals surface area (Å²) in [6.07, 6.45) is 0.750. The third-order valence-electron chi connectivity index (χ3n) is 1.01. The summed E-state index contributed by atoms with van der Waals surface area (Å²) >= 11 is 0. The highest BCUT2D eigenvalue weighted by molar-refractivity contribution is 5.45. The van der Waals surface area contributed by atoms with Gasteiger partial charge in [0.1, 0.15) is 0 Å². The van der Waals surface area contributed by atoms with Gasteiger partial charge in [0.2, 0.25) is 6.41 Å². The van der Waals surface area contributed by atoms with Crippen molar-refractivity contribution >= 4 is 12.1 Å². The van der Waals surface area contributed by atoms with Gasteiger partial charge in [0.25, 0.3) is 0 Å². The van der Waals surface area contributed by atoms with E-state index in [1.807, 2.05) is 30.3 Å². The number of amides is 1. The minimum Gasteiger partial charge on any atom is -0.399 e. The number of carbonyl (C=O) groups is 1. The summed E-state index contributed by atoms with van der Waals surface area (Å²) in [5.74, 6) is 0. The van der Waals surface area contributed by atoms with Gasteiger partial charge in [-0.25, -0.2) is 0 Å². The van der Waals surface area contributed by atoms with Crippen LogP contribution in [0.5, 0.6) is 0 Å². The quantitative estimate of drug-likeness (QED) is 0.499. The van der Waals surface area contributed by atoms with Crippen LogP contribution in [0, 0.1) is 0 Å². The summed E-state index contributed by atoms with van der Waals surface area (Å²) in [7, 11) is 3.38. The summed E-state index contributed by atoms with van der Waals surface area (Å²) in [6.45, 7) is 0. The SMILES string of the molecule is CN(C)C=O.Nc1ccccc1. The molecule has 0 aliphatic heterocycles. The maximum atomic E-state index is 9.43. The summed E-state index contributed by atoms with van der Waals surface area (Å²) in [5, 5.41) is 0. The lowest BCUT2D eigenvalue weighted by atomic mass is 10.3. The number of benzene rings is 1. The normalized spacial score (nSPS) is 7.83. The molecule has 0 unspecified atom stereocenters. The van der Waals surface area contributed by atoms with Crippen molar-refractivity contribution in [2.45, 2.75) is 0 Å². The second-order valence-corrected chi connectivity index (χ2v) is 2.48. The molecular weight excluding hydrogens is 152 g/mol. The van der Waals surface area contributed by atoms with Gasteiger partial charge in [-0.2, -0.15) is 0 Å². The van der Waals surface area contributed by atoms with Crippen LogP contribution in [0.2, 0.25) is 0 Å². The van der Waals surface area contributed by atoms with Crippen molar-refractivity contribution in [3.05, 3.63) is 30.3 Å². The molecule has 0 saturated carbocycles. The van der Waals surface area contributed by atoms with Crippen molar-refractivity contribution < 1.29 is 4.79 Å². The van der Waals surface area contributed by atoms with E-state index < -0.39 is 0 Å². The van der Waals surface area contributed by atoms with E-state index in [-0.39, 0.29) is 0 Å². The van der Waals surface area contributed by atoms with E-state index >= 15 is 0 Å². The molecule has 1 amide bonds. The van der Waals surface area contributed by atoms with Crippen LogP contribution < -0.4 is 5.73 Å². The van der Waals surface area contributed by atoms with Gasteiger partial charge in [-0.15, -0.1) is 0 Å². The molecule has 0 aliphatic rings. The van der Waals surface area contributed by atoms with Gasteiger partial charge >= 0.3 is 0 Å². The van der Waals surface area contributed by atoms with Crippen LogP contribution in [0.25, 0.3) is 0 Å². The number of nitrogen functional groups attached to an aromatic ring is 1. The van der Waals surface area contributed by atoms with E-state index in [1.54, 1.807) is 14.1 Å². The molecule has 0 spiro atoms. The molecule has 66 valence electrons. The van der Waals surface area contributed by atoms with Crippen molar-refractivity contribution in [3.8, 4) is 0 Å². The zero-order valence-corrected chi connectivity index (χ0v) is 7.40. The number of hydrogen-bond donors (Lipinski definition) is 1. The van der Waals surface area contributed by atoms with Crippen molar-refractivity contribution in [3.63, 3.8) is 0 Å². The fraction of sp³-hybridized carbons (Fsp3) is 0.222. The predicted molar refractivity (Wildman–Crippen MR) is 50.6 cm³/mol. The molecule has 1 rings (SSSR count). The van der Waals surface area contributed by atoms with Gasteiger partial charge in [-0.1, -0.05) is 18.2 Å². The molecule has 2 N–H and O–H groups in total. The summed E-state index contributed by atoms with van der Waals surface area (Å²) in [5.41, 5.74) is 6.18. The van der Waals surface area contributed by atoms with Gasteiger partial charge in [0.05, 0.1) is 0 Å². The Hall–Kier alpha value is -1.51. The van der Waals surface area contributed by atoms with E-state index in [2.05, 4.69) is 0 Å². The highest BCUT2D eigenvalue weighted by Crippen LogP contribution is 1.95. The minimum atomic E-state index is 0.750. The molecule has 0 radical (unpaired) electrons. The standard InChI is InChI=1S/C6H7N.C3H7NO/c7-6-4-2-1-3-5-6;1-4(2)3-5/h1-5H,7H2;3H,1-2H3. The lowest BCUT2D eigenvalue weighted by Crippen LogP contribution is -2.06. The van der Waals surface area contributed by atoms with Crippen LogP contribution >= 0.6 is 0 Å². The third kappa shape index (κ3) is 6.61. The Morgan fingerprint density at radius 2 is 1.67 bits per heavy atom. The Bertz CT molecular complexity index is 209. The molecule has 3 nitrogen and oxygen atoms in total. The smallest absolute Gasteiger partial charge is 0.209 e. The maximum absolute atomic E-state index is 9.43. The highest BCUT2D eigenvalue weighted by Gasteiger charge is 1.72. The van der Waals surface area contributed by atoms with Crippen LogP contribution in [-0.2, 0) is 4.79 Å². The van der Waals surface area contributed by atoms with Gasteiger partial charge in [0.15, 0.2) is 0 Å². The van der Waals surface area contributed by atoms with Gasteiger partial charge in [-0.3, -0.25) is 4.79 Å². The molecular formula is C9H14N2O. The molecule has 1 aromatic rings. The van der Waals surface area contributed by atoms with Crippen molar-refractivity contribution in [1.29, 1.82) is 0 Å². The lowest BCUT2D eigenvalue weighted by molar-refractivity contribution is -0.115. The number of para-hydroxylation sites is 1. The second-order valence-electron chi connectivity index (χ2n) is 2.48. The first-order valence-electron chi connectivity index (χ1n) is 3.59. The molecule has 0 bridgehead atoms. The number of hydrogen-bond acceptors (Lipinski definition) is 2. The van der Waals surface area contributed by atoms with Crippen molar-refractivity contribution in [2.24, 2.45) is 0 Å². The molecule has 0 aromatic heterocycles. The van der Waals surface area contributed by atoms with Crippen molar-refractivity contribution in [1.82, 2.24) is 4.90 Å². The Balaban J connectivity index is 0.000000217. The second kappa shape index (κ2) is 6.22. The third-order valence-corrected chi connectivity index (χ3v) is 1.01. The molecule has 3 heteroatoms. The Morgan fingerprint density at radius 1 is 1.25 bits per heavy atom. The molecule has 1 aromatic carbocycles. The monoisotopic (exact) mass is 166 g/mol. The molecule has 0 fully saturated rings. The van der Waals surface area contributed by atoms with Gasteiger partial charge in [0, 0.05) is 19.8 Å². The summed E-state index contributed by atoms with van der Waals surface area (Å²) in [6, 6.07) is 9.49. The van der Waals surface area contributed by atoms with Crippen LogP contribution in [0.1, 0.15) is 0 Å². The van der Waals surface area contributed by atoms with E-state index in [4.69, 9.17) is 5.73 Å². The number of nitrogens with zero attached hydrogens (tertiary/aromatic N) is 1. The first kappa shape index (κ1) is 10.5. The largest absolute Gasteiger partial charge is 0.399 e. The zero-order valence-electron chi connectivity index (χ0n) is 7.40. The van der Waals surface area contributed by atoms with E-state index in [0.29, 0.717) is 0 Å². The number of nitrogens with two attached hydrogens (primary N) is 1. The molecule has 0 atom stereocenters. The molecule has 0 saturated heterocycles. The number of rotatable bonds is 1. The fourth-order valence-corrected chi connectivity index (χ4v) is 0.453. The van der Waals surface area contributed by atoms with Crippen molar-refractivity contribution in [2.75, 3.05) is 19.8 Å². The highest BCUT2D eigenvalue weighted by atomic mass is 16.1. The first-order valence-corrected chi connectivity index (χ1v) is 3.59. The number of carbonyl (C=O) groups excluding carboxylic acids is 1. The van der Waals surface area contributed by atoms with E-state index in [1.165, 1.54) is 4.90 Å². The number of anilines is 1. The Kier molecular flexibility index (Phi) is 5.43. The topological polar surface area (TPSA) is 46.3 Å². The molecule has 12 heavy (non-hydrogen) atoms. The Morgan fingerprint density at radius 3 is 1.83 bits per heavy atom. The van der Waals surface area contributed by atoms with Crippen LogP contribution in [0.15, 0.2) is 30.3 Å². The van der Waals surface area contributed by atoms with Crippen LogP contribution in [0.4, 0.5) is 5.69 Å². The predicted octanol–water partition coefficient (Wildman–Crippen LogP) is 0.973. The fourth-order valence-electron chi connectivity index (χ4n) is 0.453. The molecule has 0 heterocycles. The zero-order chi connectivity index (χ0) is 9.40. The first-order chi connectivity index (χ1) is 5.66. The maximum Gasteiger partial charge on any atom is 0.209 e. The molecule has 0 aliphatic carbocycles. The van der Waals surface area contributed by atoms with E-state index in [0.717, 1.165) is 12.1 Å². The lowest BCUT2D eigenvalue weighted by Gasteiger charge is -1.93. The van der Waals surface area contributed by atoms with E-state index in [9.17, 15) is 4.79 Å².